The van der Waals surface area contributed by atoms with Crippen LogP contribution in [-0.4, -0.2) is 41.0 Å². The van der Waals surface area contributed by atoms with Gasteiger partial charge in [-0.3, -0.25) is 14.7 Å². The van der Waals surface area contributed by atoms with Crippen LogP contribution >= 0.6 is 11.3 Å². The average molecular weight is 327 g/mol. The smallest absolute Gasteiger partial charge is 0.261 e. The fourth-order valence-corrected chi connectivity index (χ4v) is 4.79. The zero-order chi connectivity index (χ0) is 15.8. The van der Waals surface area contributed by atoms with Gasteiger partial charge in [-0.25, -0.2) is 0 Å². The van der Waals surface area contributed by atoms with Crippen molar-refractivity contribution in [3.8, 4) is 10.4 Å². The van der Waals surface area contributed by atoms with Crippen LogP contribution in [0.15, 0.2) is 36.7 Å². The Bertz CT molecular complexity index is 689. The second kappa shape index (κ2) is 6.06. The van der Waals surface area contributed by atoms with Gasteiger partial charge in [-0.2, -0.15) is 0 Å². The van der Waals surface area contributed by atoms with Gasteiger partial charge in [0.1, 0.15) is 0 Å². The molecule has 3 fully saturated rings. The third-order valence-corrected chi connectivity index (χ3v) is 6.38. The van der Waals surface area contributed by atoms with E-state index in [2.05, 4.69) is 22.1 Å². The standard InChI is InChI=1S/C18H21N3OS/c1-12-17(13-6-9-21(12)10-7-13)20-18(22)16-5-4-15(23-16)14-3-2-8-19-11-14/h2-5,8,11-13,17H,6-7,9-10H2,1H3,(H,20,22)/t12-,17+/m1/s1. The number of thiophene rings is 1. The van der Waals surface area contributed by atoms with E-state index in [0.29, 0.717) is 12.0 Å². The summed E-state index contributed by atoms with van der Waals surface area (Å²) in [4.78, 5) is 21.2. The molecular formula is C18H21N3OS. The summed E-state index contributed by atoms with van der Waals surface area (Å²) in [6.45, 7) is 4.61. The van der Waals surface area contributed by atoms with Crippen LogP contribution in [0.3, 0.4) is 0 Å². The van der Waals surface area contributed by atoms with E-state index in [4.69, 9.17) is 0 Å². The number of carbonyl (C=O) groups is 1. The number of rotatable bonds is 3. The van der Waals surface area contributed by atoms with Crippen LogP contribution in [0.1, 0.15) is 29.4 Å². The number of piperidine rings is 3. The van der Waals surface area contributed by atoms with Gasteiger partial charge in [0.2, 0.25) is 0 Å². The zero-order valence-corrected chi connectivity index (χ0v) is 14.1. The van der Waals surface area contributed by atoms with Crippen LogP contribution in [0.25, 0.3) is 10.4 Å². The summed E-state index contributed by atoms with van der Waals surface area (Å²) >= 11 is 1.54. The number of aromatic nitrogens is 1. The third-order valence-electron chi connectivity index (χ3n) is 5.25. The van der Waals surface area contributed by atoms with Crippen molar-refractivity contribution in [3.05, 3.63) is 41.5 Å². The molecule has 3 aliphatic heterocycles. The second-order valence-electron chi connectivity index (χ2n) is 6.52. The number of fused-ring (bicyclic) bond motifs is 3. The normalized spacial score (nSPS) is 29.4. The monoisotopic (exact) mass is 327 g/mol. The van der Waals surface area contributed by atoms with Gasteiger partial charge in [0.15, 0.2) is 0 Å². The van der Waals surface area contributed by atoms with Crippen LogP contribution in [0.4, 0.5) is 0 Å². The molecule has 0 spiro atoms. The Labute approximate surface area is 140 Å². The first-order chi connectivity index (χ1) is 11.2. The van der Waals surface area contributed by atoms with E-state index >= 15 is 0 Å². The minimum Gasteiger partial charge on any atom is -0.347 e. The molecule has 5 heterocycles. The fourth-order valence-electron chi connectivity index (χ4n) is 3.89. The first-order valence-corrected chi connectivity index (χ1v) is 9.09. The number of amides is 1. The molecule has 2 atom stereocenters. The molecule has 23 heavy (non-hydrogen) atoms. The molecule has 2 aromatic rings. The second-order valence-corrected chi connectivity index (χ2v) is 7.60. The Hall–Kier alpha value is -1.72. The lowest BCUT2D eigenvalue weighted by atomic mass is 9.79. The third kappa shape index (κ3) is 2.79. The van der Waals surface area contributed by atoms with E-state index < -0.39 is 0 Å². The fraction of sp³-hybridized carbons (Fsp3) is 0.444. The minimum atomic E-state index is 0.0655. The van der Waals surface area contributed by atoms with Gasteiger partial charge in [0.25, 0.3) is 5.91 Å². The maximum atomic E-state index is 12.6. The quantitative estimate of drug-likeness (QED) is 0.942. The van der Waals surface area contributed by atoms with Gasteiger partial charge in [-0.05, 0) is 57.0 Å². The predicted molar refractivity (Wildman–Crippen MR) is 92.6 cm³/mol. The number of nitrogens with zero attached hydrogens (tertiary/aromatic N) is 2. The minimum absolute atomic E-state index is 0.0655. The molecule has 0 radical (unpaired) electrons. The Morgan fingerprint density at radius 1 is 1.30 bits per heavy atom. The van der Waals surface area contributed by atoms with Crippen molar-refractivity contribution >= 4 is 17.2 Å². The molecule has 0 aromatic carbocycles. The topological polar surface area (TPSA) is 45.2 Å². The molecule has 2 bridgehead atoms. The Balaban J connectivity index is 1.49. The van der Waals surface area contributed by atoms with Crippen molar-refractivity contribution in [1.82, 2.24) is 15.2 Å². The van der Waals surface area contributed by atoms with Crippen molar-refractivity contribution in [3.63, 3.8) is 0 Å². The Morgan fingerprint density at radius 3 is 2.83 bits per heavy atom. The van der Waals surface area contributed by atoms with E-state index in [0.717, 1.165) is 15.3 Å². The maximum Gasteiger partial charge on any atom is 0.261 e. The summed E-state index contributed by atoms with van der Waals surface area (Å²) in [7, 11) is 0. The summed E-state index contributed by atoms with van der Waals surface area (Å²) in [5.74, 6) is 0.701. The van der Waals surface area contributed by atoms with Gasteiger partial charge in [-0.15, -0.1) is 11.3 Å². The summed E-state index contributed by atoms with van der Waals surface area (Å²) in [5.41, 5.74) is 1.06. The molecule has 0 aliphatic carbocycles. The van der Waals surface area contributed by atoms with Crippen molar-refractivity contribution in [2.45, 2.75) is 31.8 Å². The first kappa shape index (κ1) is 14.8. The first-order valence-electron chi connectivity index (χ1n) is 8.27. The molecule has 1 N–H and O–H groups in total. The lowest BCUT2D eigenvalue weighted by Gasteiger charge is -2.49. The average Bonchev–Trinajstić information content (AvgIpc) is 3.09. The summed E-state index contributed by atoms with van der Waals surface area (Å²) < 4.78 is 0. The van der Waals surface area contributed by atoms with Crippen LogP contribution < -0.4 is 5.32 Å². The lowest BCUT2D eigenvalue weighted by molar-refractivity contribution is 0.0218. The molecule has 0 unspecified atom stereocenters. The highest BCUT2D eigenvalue weighted by atomic mass is 32.1. The number of hydrogen-bond acceptors (Lipinski definition) is 4. The molecule has 4 nitrogen and oxygen atoms in total. The van der Waals surface area contributed by atoms with Crippen LogP contribution in [0.5, 0.6) is 0 Å². The molecule has 5 rings (SSSR count). The maximum absolute atomic E-state index is 12.6. The van der Waals surface area contributed by atoms with Crippen molar-refractivity contribution < 1.29 is 4.79 Å². The van der Waals surface area contributed by atoms with Crippen molar-refractivity contribution in [2.75, 3.05) is 13.1 Å². The van der Waals surface area contributed by atoms with Crippen molar-refractivity contribution in [2.24, 2.45) is 5.92 Å². The van der Waals surface area contributed by atoms with Crippen LogP contribution in [0, 0.1) is 5.92 Å². The van der Waals surface area contributed by atoms with Crippen LogP contribution in [-0.2, 0) is 0 Å². The van der Waals surface area contributed by atoms with Crippen LogP contribution in [0.2, 0.25) is 0 Å². The number of pyridine rings is 1. The summed E-state index contributed by atoms with van der Waals surface area (Å²) in [5, 5.41) is 3.30. The molecule has 3 aliphatic rings. The highest BCUT2D eigenvalue weighted by molar-refractivity contribution is 7.17. The number of hydrogen-bond donors (Lipinski definition) is 1. The molecule has 3 saturated heterocycles. The molecule has 120 valence electrons. The van der Waals surface area contributed by atoms with E-state index in [1.54, 1.807) is 6.20 Å². The summed E-state index contributed by atoms with van der Waals surface area (Å²) in [6, 6.07) is 8.61. The molecule has 1 amide bonds. The van der Waals surface area contributed by atoms with Gasteiger partial charge >= 0.3 is 0 Å². The van der Waals surface area contributed by atoms with Gasteiger partial charge in [0, 0.05) is 34.9 Å². The van der Waals surface area contributed by atoms with Crippen molar-refractivity contribution in [1.29, 1.82) is 0 Å². The SMILES string of the molecule is C[C@@H]1[C@H](NC(=O)c2ccc(-c3cccnc3)s2)C2CCN1CC2. The lowest BCUT2D eigenvalue weighted by Crippen LogP contribution is -2.62. The van der Waals surface area contributed by atoms with E-state index in [1.165, 1.54) is 37.3 Å². The Kier molecular flexibility index (Phi) is 3.91. The molecular weight excluding hydrogens is 306 g/mol. The number of nitrogens with one attached hydrogen (secondary N) is 1. The zero-order valence-electron chi connectivity index (χ0n) is 13.2. The van der Waals surface area contributed by atoms with E-state index in [9.17, 15) is 4.79 Å². The van der Waals surface area contributed by atoms with Gasteiger partial charge in [0.05, 0.1) is 4.88 Å². The van der Waals surface area contributed by atoms with Gasteiger partial charge in [-0.1, -0.05) is 6.07 Å². The molecule has 5 heteroatoms. The summed E-state index contributed by atoms with van der Waals surface area (Å²) in [6.07, 6.45) is 6.02. The molecule has 0 saturated carbocycles. The number of carbonyl (C=O) groups excluding carboxylic acids is 1. The highest BCUT2D eigenvalue weighted by Gasteiger charge is 2.40. The van der Waals surface area contributed by atoms with E-state index in [-0.39, 0.29) is 11.9 Å². The largest absolute Gasteiger partial charge is 0.347 e. The highest BCUT2D eigenvalue weighted by Crippen LogP contribution is 2.33. The van der Waals surface area contributed by atoms with Gasteiger partial charge < -0.3 is 5.32 Å². The Morgan fingerprint density at radius 2 is 2.13 bits per heavy atom. The molecule has 2 aromatic heterocycles. The van der Waals surface area contributed by atoms with E-state index in [1.807, 2.05) is 30.5 Å². The predicted octanol–water partition coefficient (Wildman–Crippen LogP) is 3.02.